The van der Waals surface area contributed by atoms with Gasteiger partial charge in [-0.25, -0.2) is 8.42 Å². The van der Waals surface area contributed by atoms with Crippen molar-refractivity contribution in [3.05, 3.63) is 59.7 Å². The number of carbonyl (C=O) groups is 1. The molecule has 0 saturated carbocycles. The number of hydrogen-bond donors (Lipinski definition) is 3. The molecule has 0 spiro atoms. The summed E-state index contributed by atoms with van der Waals surface area (Å²) in [6.07, 6.45) is -5.90. The number of hydrogen-bond acceptors (Lipinski definition) is 5. The molecule has 3 N–H and O–H groups in total. The van der Waals surface area contributed by atoms with E-state index in [1.807, 2.05) is 0 Å². The molecule has 2 aromatic carbocycles. The van der Waals surface area contributed by atoms with E-state index in [1.54, 1.807) is 12.1 Å². The van der Waals surface area contributed by atoms with Crippen LogP contribution in [-0.2, 0) is 27.4 Å². The van der Waals surface area contributed by atoms with Gasteiger partial charge in [0.05, 0.1) is 22.7 Å². The number of carbonyl (C=O) groups excluding carboxylic acids is 1. The van der Waals surface area contributed by atoms with E-state index in [0.717, 1.165) is 17.7 Å². The highest BCUT2D eigenvalue weighted by Gasteiger charge is 2.32. The third-order valence-corrected chi connectivity index (χ3v) is 6.33. The van der Waals surface area contributed by atoms with Crippen LogP contribution in [0.5, 0.6) is 0 Å². The Bertz CT molecular complexity index is 1010. The molecule has 2 atom stereocenters. The van der Waals surface area contributed by atoms with E-state index in [2.05, 4.69) is 4.72 Å². The van der Waals surface area contributed by atoms with Crippen LogP contribution in [0.25, 0.3) is 0 Å². The van der Waals surface area contributed by atoms with E-state index in [0.29, 0.717) is 18.6 Å². The summed E-state index contributed by atoms with van der Waals surface area (Å²) >= 11 is 0. The van der Waals surface area contributed by atoms with Crippen molar-refractivity contribution in [3.8, 4) is 0 Å². The van der Waals surface area contributed by atoms with Crippen LogP contribution in [0.15, 0.2) is 53.4 Å². The number of likely N-dealkylation sites (tertiary alicyclic amines) is 1. The zero-order valence-corrected chi connectivity index (χ0v) is 17.0. The fraction of sp³-hybridized carbons (Fsp3) is 0.350. The first-order chi connectivity index (χ1) is 14.5. The van der Waals surface area contributed by atoms with E-state index < -0.39 is 34.0 Å². The third kappa shape index (κ3) is 5.75. The molecular formula is C20H21F3N2O5S. The molecule has 0 aliphatic carbocycles. The van der Waals surface area contributed by atoms with Gasteiger partial charge in [0.2, 0.25) is 5.91 Å². The first-order valence-electron chi connectivity index (χ1n) is 9.38. The molecule has 3 rings (SSSR count). The molecule has 0 radical (unpaired) electrons. The Balaban J connectivity index is 1.58. The smallest absolute Gasteiger partial charge is 0.388 e. The molecule has 31 heavy (non-hydrogen) atoms. The zero-order valence-electron chi connectivity index (χ0n) is 16.2. The lowest BCUT2D eigenvalue weighted by Crippen LogP contribution is -2.29. The van der Waals surface area contributed by atoms with Gasteiger partial charge >= 0.3 is 6.18 Å². The van der Waals surface area contributed by atoms with Crippen molar-refractivity contribution < 1.29 is 36.6 Å². The van der Waals surface area contributed by atoms with Gasteiger partial charge < -0.3 is 15.1 Å². The maximum atomic E-state index is 12.6. The second-order valence-electron chi connectivity index (χ2n) is 7.26. The fourth-order valence-electron chi connectivity index (χ4n) is 3.16. The molecule has 1 aliphatic rings. The van der Waals surface area contributed by atoms with Crippen LogP contribution >= 0.6 is 0 Å². The van der Waals surface area contributed by atoms with Crippen molar-refractivity contribution in [2.45, 2.75) is 36.1 Å². The largest absolute Gasteiger partial charge is 0.416 e. The summed E-state index contributed by atoms with van der Waals surface area (Å²) < 4.78 is 64.9. The molecule has 1 aliphatic heterocycles. The van der Waals surface area contributed by atoms with Crippen LogP contribution < -0.4 is 4.72 Å². The summed E-state index contributed by atoms with van der Waals surface area (Å²) in [5.41, 5.74) is 0.0511. The van der Waals surface area contributed by atoms with Gasteiger partial charge in [0.25, 0.3) is 10.0 Å². The van der Waals surface area contributed by atoms with Crippen molar-refractivity contribution >= 4 is 21.6 Å². The Hall–Kier alpha value is -2.63. The van der Waals surface area contributed by atoms with Gasteiger partial charge in [0.1, 0.15) is 0 Å². The fourth-order valence-corrected chi connectivity index (χ4v) is 4.22. The molecule has 1 amide bonds. The predicted octanol–water partition coefficient (Wildman–Crippen LogP) is 2.00. The van der Waals surface area contributed by atoms with Crippen LogP contribution in [0, 0.1) is 0 Å². The van der Waals surface area contributed by atoms with Gasteiger partial charge in [-0.1, -0.05) is 12.1 Å². The number of benzene rings is 2. The molecule has 0 bridgehead atoms. The molecule has 168 valence electrons. The number of aryl methyl sites for hydroxylation is 1. The van der Waals surface area contributed by atoms with Crippen LogP contribution in [-0.4, -0.2) is 54.7 Å². The second-order valence-corrected chi connectivity index (χ2v) is 8.94. The number of aliphatic hydroxyl groups is 2. The van der Waals surface area contributed by atoms with Crippen LogP contribution in [0.2, 0.25) is 0 Å². The molecule has 7 nitrogen and oxygen atoms in total. The van der Waals surface area contributed by atoms with Gasteiger partial charge in [-0.05, 0) is 48.4 Å². The highest BCUT2D eigenvalue weighted by atomic mass is 32.2. The number of nitrogens with one attached hydrogen (secondary N) is 1. The number of β-amino-alcohol motifs (C(OH)–C–C–N with tert-alkyl or cyclic N) is 2. The predicted molar refractivity (Wildman–Crippen MR) is 106 cm³/mol. The number of nitrogens with zero attached hydrogens (tertiary/aromatic N) is 1. The van der Waals surface area contributed by atoms with Gasteiger partial charge in [0, 0.05) is 25.2 Å². The Morgan fingerprint density at radius 2 is 1.55 bits per heavy atom. The standard InChI is InChI=1S/C20H21F3N2O5S/c21-20(22,23)14-4-8-16(9-5-14)31(29,30)24-15-6-1-13(2-7-15)3-10-19(28)25-11-17(26)18(27)12-25/h1-2,4-9,17-18,24,26-27H,3,10-12H2/t17-,18-/m1/s1. The molecule has 1 heterocycles. The molecule has 11 heteroatoms. The summed E-state index contributed by atoms with van der Waals surface area (Å²) in [5.74, 6) is -0.206. The molecule has 1 fully saturated rings. The second kappa shape index (κ2) is 8.85. The first-order valence-corrected chi connectivity index (χ1v) is 10.9. The average molecular weight is 458 g/mol. The molecule has 0 unspecified atom stereocenters. The Morgan fingerprint density at radius 1 is 1.00 bits per heavy atom. The number of alkyl halides is 3. The lowest BCUT2D eigenvalue weighted by molar-refractivity contribution is -0.137. The number of sulfonamides is 1. The Labute approximate surface area is 177 Å². The first kappa shape index (κ1) is 23.0. The zero-order chi connectivity index (χ0) is 22.8. The highest BCUT2D eigenvalue weighted by molar-refractivity contribution is 7.92. The van der Waals surface area contributed by atoms with Crippen molar-refractivity contribution in [1.29, 1.82) is 0 Å². The molecule has 0 aromatic heterocycles. The van der Waals surface area contributed by atoms with Gasteiger partial charge in [-0.15, -0.1) is 0 Å². The number of halogens is 3. The monoisotopic (exact) mass is 458 g/mol. The summed E-state index contributed by atoms with van der Waals surface area (Å²) in [4.78, 5) is 13.2. The van der Waals surface area contributed by atoms with E-state index in [9.17, 15) is 36.6 Å². The van der Waals surface area contributed by atoms with E-state index in [1.165, 1.54) is 17.0 Å². The van der Waals surface area contributed by atoms with Crippen molar-refractivity contribution in [1.82, 2.24) is 4.90 Å². The van der Waals surface area contributed by atoms with Gasteiger partial charge in [-0.3, -0.25) is 9.52 Å². The maximum Gasteiger partial charge on any atom is 0.416 e. The van der Waals surface area contributed by atoms with Crippen molar-refractivity contribution in [2.24, 2.45) is 0 Å². The van der Waals surface area contributed by atoms with E-state index >= 15 is 0 Å². The van der Waals surface area contributed by atoms with E-state index in [4.69, 9.17) is 0 Å². The Morgan fingerprint density at radius 3 is 2.06 bits per heavy atom. The third-order valence-electron chi connectivity index (χ3n) is 4.94. The molecule has 1 saturated heterocycles. The molecule has 2 aromatic rings. The van der Waals surface area contributed by atoms with Crippen LogP contribution in [0.3, 0.4) is 0 Å². The minimum atomic E-state index is -4.55. The van der Waals surface area contributed by atoms with E-state index in [-0.39, 0.29) is 36.0 Å². The average Bonchev–Trinajstić information content (AvgIpc) is 3.05. The van der Waals surface area contributed by atoms with Crippen LogP contribution in [0.1, 0.15) is 17.5 Å². The number of aliphatic hydroxyl groups excluding tert-OH is 2. The maximum absolute atomic E-state index is 12.6. The van der Waals surface area contributed by atoms with Crippen molar-refractivity contribution in [3.63, 3.8) is 0 Å². The Kier molecular flexibility index (Phi) is 6.58. The number of rotatable bonds is 6. The normalized spacial score (nSPS) is 19.5. The van der Waals surface area contributed by atoms with Gasteiger partial charge in [-0.2, -0.15) is 13.2 Å². The number of amides is 1. The van der Waals surface area contributed by atoms with Gasteiger partial charge in [0.15, 0.2) is 0 Å². The number of anilines is 1. The minimum absolute atomic E-state index is 0.0880. The quantitative estimate of drug-likeness (QED) is 0.614. The highest BCUT2D eigenvalue weighted by Crippen LogP contribution is 2.30. The summed E-state index contributed by atoms with van der Waals surface area (Å²) in [6.45, 7) is 0.176. The summed E-state index contributed by atoms with van der Waals surface area (Å²) in [5, 5.41) is 19.0. The minimum Gasteiger partial charge on any atom is -0.388 e. The van der Waals surface area contributed by atoms with Crippen molar-refractivity contribution in [2.75, 3.05) is 17.8 Å². The lowest BCUT2D eigenvalue weighted by atomic mass is 10.1. The SMILES string of the molecule is O=C(CCc1ccc(NS(=O)(=O)c2ccc(C(F)(F)F)cc2)cc1)N1C[C@@H](O)[C@H](O)C1. The molecular weight excluding hydrogens is 437 g/mol. The lowest BCUT2D eigenvalue weighted by Gasteiger charge is -2.15. The topological polar surface area (TPSA) is 107 Å². The summed E-state index contributed by atoms with van der Waals surface area (Å²) in [6, 6.07) is 9.42. The van der Waals surface area contributed by atoms with Crippen LogP contribution in [0.4, 0.5) is 18.9 Å². The summed E-state index contributed by atoms with van der Waals surface area (Å²) in [7, 11) is -4.06.